The van der Waals surface area contributed by atoms with Gasteiger partial charge in [-0.05, 0) is 82.0 Å². The molecule has 1 fully saturated rings. The summed E-state index contributed by atoms with van der Waals surface area (Å²) < 4.78 is 8.02. The largest absolute Gasteiger partial charge is 0.488 e. The van der Waals surface area contributed by atoms with E-state index < -0.39 is 0 Å². The third-order valence-corrected chi connectivity index (χ3v) is 8.13. The average molecular weight is 537 g/mol. The molecule has 40 heavy (non-hydrogen) atoms. The molecule has 1 aromatic heterocycles. The monoisotopic (exact) mass is 536 g/mol. The van der Waals surface area contributed by atoms with E-state index in [0.717, 1.165) is 42.4 Å². The Hall–Kier alpha value is -3.95. The number of para-hydroxylation sites is 2. The van der Waals surface area contributed by atoms with Gasteiger partial charge in [0.1, 0.15) is 18.1 Å². The van der Waals surface area contributed by atoms with Crippen LogP contribution in [0, 0.1) is 11.3 Å². The number of rotatable bonds is 10. The van der Waals surface area contributed by atoms with Gasteiger partial charge in [0.25, 0.3) is 5.56 Å². The summed E-state index contributed by atoms with van der Waals surface area (Å²) in [7, 11) is 0. The third kappa shape index (κ3) is 6.26. The minimum absolute atomic E-state index is 0.156. The van der Waals surface area contributed by atoms with E-state index in [1.54, 1.807) is 18.2 Å². The molecule has 6 heteroatoms. The van der Waals surface area contributed by atoms with Crippen LogP contribution in [0.5, 0.6) is 5.75 Å². The highest BCUT2D eigenvalue weighted by Crippen LogP contribution is 2.30. The van der Waals surface area contributed by atoms with Gasteiger partial charge in [-0.1, -0.05) is 55.3 Å². The molecule has 0 aliphatic carbocycles. The van der Waals surface area contributed by atoms with Gasteiger partial charge in [0.05, 0.1) is 22.7 Å². The lowest BCUT2D eigenvalue weighted by atomic mass is 9.97. The summed E-state index contributed by atoms with van der Waals surface area (Å²) in [6, 6.07) is 26.4. The fourth-order valence-corrected chi connectivity index (χ4v) is 5.89. The highest BCUT2D eigenvalue weighted by molar-refractivity contribution is 5.79. The van der Waals surface area contributed by atoms with Gasteiger partial charge >= 0.3 is 0 Å². The van der Waals surface area contributed by atoms with Crippen LogP contribution in [-0.4, -0.2) is 33.1 Å². The van der Waals surface area contributed by atoms with Gasteiger partial charge in [-0.15, -0.1) is 0 Å². The average Bonchev–Trinajstić information content (AvgIpc) is 2.98. The van der Waals surface area contributed by atoms with Crippen molar-refractivity contribution in [1.29, 1.82) is 5.26 Å². The quantitative estimate of drug-likeness (QED) is 0.205. The van der Waals surface area contributed by atoms with Crippen LogP contribution in [0.2, 0.25) is 0 Å². The zero-order valence-electron chi connectivity index (χ0n) is 23.6. The fraction of sp³-hybridized carbons (Fsp3) is 0.382. The summed E-state index contributed by atoms with van der Waals surface area (Å²) in [6.07, 6.45) is 7.00. The number of hydrogen-bond donors (Lipinski definition) is 0. The molecule has 1 aliphatic rings. The molecule has 2 atom stereocenters. The molecule has 206 valence electrons. The number of fused-ring (bicyclic) bond motifs is 1. The number of aryl methyl sites for hydroxylation is 1. The predicted molar refractivity (Wildman–Crippen MR) is 160 cm³/mol. The summed E-state index contributed by atoms with van der Waals surface area (Å²) in [6.45, 7) is 6.79. The SMILES string of the molecule is C[C@@H]1CCC[C@H](C)N1CCCCCn1c(=O)c(-c2cc([14C]#N)ccc2OCc2ccccc2)nc2ccccc21. The zero-order valence-corrected chi connectivity index (χ0v) is 23.6. The maximum atomic E-state index is 14.0. The van der Waals surface area contributed by atoms with Crippen LogP contribution >= 0.6 is 0 Å². The van der Waals surface area contributed by atoms with E-state index in [-0.39, 0.29) is 5.56 Å². The number of nitrogens with zero attached hydrogens (tertiary/aromatic N) is 4. The van der Waals surface area contributed by atoms with Crippen molar-refractivity contribution < 1.29 is 4.74 Å². The maximum absolute atomic E-state index is 14.0. The van der Waals surface area contributed by atoms with E-state index in [0.29, 0.717) is 47.8 Å². The normalized spacial score (nSPS) is 17.5. The second-order valence-electron chi connectivity index (χ2n) is 10.9. The van der Waals surface area contributed by atoms with Crippen LogP contribution in [0.4, 0.5) is 0 Å². The number of aromatic nitrogens is 2. The first-order valence-corrected chi connectivity index (χ1v) is 14.5. The topological polar surface area (TPSA) is 71.2 Å². The van der Waals surface area contributed by atoms with Gasteiger partial charge in [0.15, 0.2) is 0 Å². The number of hydrogen-bond acceptors (Lipinski definition) is 5. The molecule has 0 saturated carbocycles. The van der Waals surface area contributed by atoms with Gasteiger partial charge in [0.2, 0.25) is 0 Å². The highest BCUT2D eigenvalue weighted by Gasteiger charge is 2.24. The number of unbranched alkanes of at least 4 members (excludes halogenated alkanes) is 2. The first-order chi connectivity index (χ1) is 19.5. The summed E-state index contributed by atoms with van der Waals surface area (Å²) in [5, 5.41) is 9.60. The summed E-state index contributed by atoms with van der Waals surface area (Å²) in [5.74, 6) is 0.541. The second-order valence-corrected chi connectivity index (χ2v) is 10.9. The van der Waals surface area contributed by atoms with Gasteiger partial charge in [-0.25, -0.2) is 4.98 Å². The molecule has 0 amide bonds. The van der Waals surface area contributed by atoms with Crippen LogP contribution in [0.3, 0.4) is 0 Å². The molecule has 0 bridgehead atoms. The van der Waals surface area contributed by atoms with Crippen molar-refractivity contribution in [2.75, 3.05) is 6.54 Å². The van der Waals surface area contributed by atoms with Crippen LogP contribution in [0.25, 0.3) is 22.3 Å². The lowest BCUT2D eigenvalue weighted by Crippen LogP contribution is -2.44. The predicted octanol–water partition coefficient (Wildman–Crippen LogP) is 6.95. The maximum Gasteiger partial charge on any atom is 0.277 e. The van der Waals surface area contributed by atoms with Gasteiger partial charge < -0.3 is 9.30 Å². The molecule has 0 spiro atoms. The van der Waals surface area contributed by atoms with E-state index in [1.165, 1.54) is 19.3 Å². The van der Waals surface area contributed by atoms with Gasteiger partial charge in [-0.2, -0.15) is 5.26 Å². The van der Waals surface area contributed by atoms with E-state index in [9.17, 15) is 10.1 Å². The third-order valence-electron chi connectivity index (χ3n) is 8.13. The highest BCUT2D eigenvalue weighted by atomic mass is 16.5. The number of piperidine rings is 1. The van der Waals surface area contributed by atoms with Crippen molar-refractivity contribution in [3.05, 3.63) is 94.3 Å². The Morgan fingerprint density at radius 3 is 2.42 bits per heavy atom. The fourth-order valence-electron chi connectivity index (χ4n) is 5.89. The molecule has 0 radical (unpaired) electrons. The minimum Gasteiger partial charge on any atom is -0.488 e. The van der Waals surface area contributed by atoms with E-state index in [1.807, 2.05) is 59.2 Å². The van der Waals surface area contributed by atoms with Crippen molar-refractivity contribution in [1.82, 2.24) is 14.5 Å². The van der Waals surface area contributed by atoms with Crippen LogP contribution in [0.1, 0.15) is 63.5 Å². The molecule has 5 rings (SSSR count). The molecule has 3 aromatic carbocycles. The molecule has 0 N–H and O–H groups in total. The lowest BCUT2D eigenvalue weighted by Gasteiger charge is -2.39. The van der Waals surface area contributed by atoms with Crippen LogP contribution in [-0.2, 0) is 13.2 Å². The van der Waals surface area contributed by atoms with E-state index in [4.69, 9.17) is 9.72 Å². The van der Waals surface area contributed by atoms with Crippen molar-refractivity contribution in [2.24, 2.45) is 0 Å². The number of likely N-dealkylation sites (tertiary alicyclic amines) is 1. The Morgan fingerprint density at radius 1 is 0.925 bits per heavy atom. The summed E-state index contributed by atoms with van der Waals surface area (Å²) in [5.41, 5.74) is 3.78. The first kappa shape index (κ1) is 27.6. The minimum atomic E-state index is -0.156. The van der Waals surface area contributed by atoms with Crippen LogP contribution < -0.4 is 10.3 Å². The number of ether oxygens (including phenoxy) is 1. The first-order valence-electron chi connectivity index (χ1n) is 14.5. The zero-order chi connectivity index (χ0) is 27.9. The number of nitriles is 1. The van der Waals surface area contributed by atoms with Crippen molar-refractivity contribution in [3.63, 3.8) is 0 Å². The number of benzene rings is 3. The van der Waals surface area contributed by atoms with Gasteiger partial charge in [0, 0.05) is 24.2 Å². The lowest BCUT2D eigenvalue weighted by molar-refractivity contribution is 0.101. The molecule has 0 unspecified atom stereocenters. The Morgan fingerprint density at radius 2 is 1.65 bits per heavy atom. The summed E-state index contributed by atoms with van der Waals surface area (Å²) in [4.78, 5) is 21.4. The Labute approximate surface area is 236 Å². The van der Waals surface area contributed by atoms with Gasteiger partial charge in [-0.3, -0.25) is 9.69 Å². The Balaban J connectivity index is 1.40. The smallest absolute Gasteiger partial charge is 0.277 e. The van der Waals surface area contributed by atoms with E-state index in [2.05, 4.69) is 24.8 Å². The molecule has 6 nitrogen and oxygen atoms in total. The molecule has 1 saturated heterocycles. The Bertz CT molecular complexity index is 1530. The molecule has 1 aliphatic heterocycles. The standard InChI is InChI=1S/C34H38N4O2/c1-25-12-11-13-26(2)37(25)20-9-4-10-21-38-31-17-8-7-16-30(31)36-33(34(38)39)29-22-28(23-35)18-19-32(29)40-24-27-14-5-3-6-15-27/h3,5-8,14-19,22,25-26H,4,9-13,20-21,24H2,1-2H3/t25-,26+/i23+2. The molecule has 2 heterocycles. The molecule has 4 aromatic rings. The van der Waals surface area contributed by atoms with Crippen molar-refractivity contribution in [3.8, 4) is 23.1 Å². The van der Waals surface area contributed by atoms with E-state index >= 15 is 0 Å². The second kappa shape index (κ2) is 12.9. The van der Waals surface area contributed by atoms with Crippen molar-refractivity contribution >= 4 is 11.0 Å². The van der Waals surface area contributed by atoms with Crippen molar-refractivity contribution in [2.45, 2.75) is 77.6 Å². The Kier molecular flexibility index (Phi) is 8.93. The van der Waals surface area contributed by atoms with Crippen LogP contribution in [0.15, 0.2) is 77.6 Å². The summed E-state index contributed by atoms with van der Waals surface area (Å²) >= 11 is 0. The molecular weight excluding hydrogens is 498 g/mol. The molecular formula is C34H38N4O2.